The van der Waals surface area contributed by atoms with Crippen molar-refractivity contribution in [1.82, 2.24) is 0 Å². The molecule has 3 heterocycles. The van der Waals surface area contributed by atoms with E-state index in [4.69, 9.17) is 14.2 Å². The maximum Gasteiger partial charge on any atom is 0.268 e. The number of nitrogens with one attached hydrogen (secondary N) is 2. The molecular formula is C52H46F2N2O9. The molecule has 3 saturated heterocycles. The van der Waals surface area contributed by atoms with E-state index in [0.29, 0.717) is 22.5 Å². The number of carbonyl (C=O) groups is 4. The molecule has 6 unspecified atom stereocenters. The number of para-hydroxylation sites is 2. The zero-order valence-electron chi connectivity index (χ0n) is 35.8. The van der Waals surface area contributed by atoms with Gasteiger partial charge in [0.15, 0.2) is 11.4 Å². The van der Waals surface area contributed by atoms with E-state index >= 15 is 0 Å². The van der Waals surface area contributed by atoms with Gasteiger partial charge < -0.3 is 35.1 Å². The quantitative estimate of drug-likeness (QED) is 0.0539. The standard InChI is InChI=1S/C26H24FNO5.C26H22FNO4/c1-17(2)25(30)24(22(29)28-21-11-7-4-8-12-21)23(32-24,18-9-5-3-6-10-18)26(31,33-25)19-13-15-20(27)16-14-19;1-17(2)22(29)26(24(31)28-21-11-7-4-8-12-21)25(32-26,19-9-5-3-6-10-19)23(30)18-13-15-20(27)16-14-18/h3-17,30-31H,1-2H3,(H,28,29);3-17H,1-2H3,(H,28,31). The number of ketones is 2. The van der Waals surface area contributed by atoms with Crippen molar-refractivity contribution >= 4 is 34.8 Å². The minimum absolute atomic E-state index is 0.140. The van der Waals surface area contributed by atoms with Crippen molar-refractivity contribution in [1.29, 1.82) is 0 Å². The Balaban J connectivity index is 0.000000177. The van der Waals surface area contributed by atoms with E-state index in [0.717, 1.165) is 12.1 Å². The molecule has 0 aliphatic carbocycles. The summed E-state index contributed by atoms with van der Waals surface area (Å²) in [5.74, 6) is -9.20. The normalized spacial score (nSPS) is 27.2. The molecule has 0 bridgehead atoms. The van der Waals surface area contributed by atoms with Crippen molar-refractivity contribution in [3.05, 3.63) is 204 Å². The smallest absolute Gasteiger partial charge is 0.268 e. The molecule has 3 aliphatic rings. The fourth-order valence-electron chi connectivity index (χ4n) is 8.88. The van der Waals surface area contributed by atoms with Crippen LogP contribution in [0.15, 0.2) is 170 Å². The summed E-state index contributed by atoms with van der Waals surface area (Å²) in [6.07, 6.45) is 0. The third kappa shape index (κ3) is 6.89. The number of amides is 2. The fourth-order valence-corrected chi connectivity index (χ4v) is 8.88. The second-order valence-corrected chi connectivity index (χ2v) is 16.8. The van der Waals surface area contributed by atoms with Gasteiger partial charge in [-0.2, -0.15) is 0 Å². The molecule has 11 nitrogen and oxygen atoms in total. The number of anilines is 2. The number of aliphatic hydroxyl groups is 2. The van der Waals surface area contributed by atoms with Crippen molar-refractivity contribution in [3.8, 4) is 0 Å². The van der Waals surface area contributed by atoms with E-state index in [2.05, 4.69) is 10.6 Å². The number of ether oxygens (including phenoxy) is 3. The number of Topliss-reactive ketones (excluding diaryl/α,β-unsaturated/α-hetero) is 2. The summed E-state index contributed by atoms with van der Waals surface area (Å²) >= 11 is 0. The summed E-state index contributed by atoms with van der Waals surface area (Å²) in [5, 5.41) is 29.4. The Morgan fingerprint density at radius 2 is 0.969 bits per heavy atom. The van der Waals surface area contributed by atoms with Gasteiger partial charge in [-0.15, -0.1) is 0 Å². The van der Waals surface area contributed by atoms with Crippen LogP contribution in [-0.2, 0) is 45.6 Å². The molecule has 3 aliphatic heterocycles. The second kappa shape index (κ2) is 16.7. The summed E-state index contributed by atoms with van der Waals surface area (Å²) in [6.45, 7) is 6.65. The van der Waals surface area contributed by atoms with E-state index in [-0.39, 0.29) is 11.1 Å². The van der Waals surface area contributed by atoms with Gasteiger partial charge in [-0.1, -0.05) is 137 Å². The Morgan fingerprint density at radius 3 is 1.45 bits per heavy atom. The van der Waals surface area contributed by atoms with Gasteiger partial charge in [0.1, 0.15) is 11.6 Å². The number of carbonyl (C=O) groups excluding carboxylic acids is 4. The first-order chi connectivity index (χ1) is 31.0. The minimum atomic E-state index is -2.28. The summed E-state index contributed by atoms with van der Waals surface area (Å²) in [5.41, 5.74) is -5.58. The Labute approximate surface area is 374 Å². The SMILES string of the molecule is CC(C)C(=O)C1(C(=O)Nc2ccccc2)OC1(C(=O)c1ccc(F)cc1)c1ccccc1.CC(C)C1(O)OC(O)(c2ccc(F)cc2)C2(c3ccccc3)OC12C(=O)Nc1ccccc1. The number of hydrogen-bond acceptors (Lipinski definition) is 9. The van der Waals surface area contributed by atoms with Gasteiger partial charge >= 0.3 is 0 Å². The molecular weight excluding hydrogens is 835 g/mol. The van der Waals surface area contributed by atoms with Crippen LogP contribution in [0, 0.1) is 23.5 Å². The maximum atomic E-state index is 13.8. The number of halogens is 2. The van der Waals surface area contributed by atoms with Crippen molar-refractivity contribution < 1.29 is 52.4 Å². The molecule has 332 valence electrons. The highest BCUT2D eigenvalue weighted by molar-refractivity contribution is 6.26. The topological polar surface area (TPSA) is 167 Å². The van der Waals surface area contributed by atoms with Crippen LogP contribution in [0.2, 0.25) is 0 Å². The van der Waals surface area contributed by atoms with Gasteiger partial charge in [0.2, 0.25) is 34.2 Å². The Bertz CT molecular complexity index is 2730. The van der Waals surface area contributed by atoms with Crippen LogP contribution in [0.5, 0.6) is 0 Å². The van der Waals surface area contributed by atoms with Gasteiger partial charge in [-0.3, -0.25) is 19.2 Å². The molecule has 0 aromatic heterocycles. The van der Waals surface area contributed by atoms with E-state index in [9.17, 15) is 38.2 Å². The Morgan fingerprint density at radius 1 is 0.523 bits per heavy atom. The van der Waals surface area contributed by atoms with Crippen molar-refractivity contribution in [3.63, 3.8) is 0 Å². The molecule has 9 rings (SSSR count). The predicted octanol–water partition coefficient (Wildman–Crippen LogP) is 8.19. The molecule has 0 saturated carbocycles. The van der Waals surface area contributed by atoms with Crippen LogP contribution in [0.1, 0.15) is 54.7 Å². The zero-order valence-corrected chi connectivity index (χ0v) is 35.8. The number of rotatable bonds is 12. The molecule has 4 N–H and O–H groups in total. The van der Waals surface area contributed by atoms with Crippen molar-refractivity contribution in [2.45, 2.75) is 61.7 Å². The number of fused-ring (bicyclic) bond motifs is 1. The molecule has 3 fully saturated rings. The maximum absolute atomic E-state index is 13.8. The van der Waals surface area contributed by atoms with Gasteiger partial charge in [-0.05, 0) is 71.8 Å². The molecule has 0 spiro atoms. The zero-order chi connectivity index (χ0) is 46.4. The van der Waals surface area contributed by atoms with Crippen LogP contribution in [0.4, 0.5) is 20.2 Å². The third-order valence-corrected chi connectivity index (χ3v) is 12.2. The Kier molecular flexibility index (Phi) is 11.5. The first-order valence-corrected chi connectivity index (χ1v) is 21.0. The number of epoxide rings is 2. The molecule has 6 atom stereocenters. The molecule has 6 aromatic carbocycles. The molecule has 65 heavy (non-hydrogen) atoms. The molecule has 2 amide bonds. The average Bonchev–Trinajstić information content (AvgIpc) is 4.22. The van der Waals surface area contributed by atoms with Crippen LogP contribution in [-0.4, -0.2) is 50.6 Å². The van der Waals surface area contributed by atoms with E-state index in [1.165, 1.54) is 36.4 Å². The van der Waals surface area contributed by atoms with Crippen LogP contribution in [0.3, 0.4) is 0 Å². The average molecular weight is 881 g/mol. The van der Waals surface area contributed by atoms with Gasteiger partial charge in [0, 0.05) is 34.3 Å². The lowest BCUT2D eigenvalue weighted by Gasteiger charge is -2.37. The number of hydrogen-bond donors (Lipinski definition) is 4. The van der Waals surface area contributed by atoms with Gasteiger partial charge in [0.05, 0.1) is 0 Å². The first kappa shape index (κ1) is 44.9. The highest BCUT2D eigenvalue weighted by Gasteiger charge is 2.98. The lowest BCUT2D eigenvalue weighted by atomic mass is 9.74. The van der Waals surface area contributed by atoms with Gasteiger partial charge in [0.25, 0.3) is 11.8 Å². The first-order valence-electron chi connectivity index (χ1n) is 21.0. The van der Waals surface area contributed by atoms with Crippen LogP contribution >= 0.6 is 0 Å². The van der Waals surface area contributed by atoms with E-state index in [1.54, 1.807) is 143 Å². The molecule has 6 aromatic rings. The third-order valence-electron chi connectivity index (χ3n) is 12.2. The van der Waals surface area contributed by atoms with Crippen molar-refractivity contribution in [2.75, 3.05) is 10.6 Å². The molecule has 13 heteroatoms. The highest BCUT2D eigenvalue weighted by Crippen LogP contribution is 2.76. The number of benzene rings is 6. The van der Waals surface area contributed by atoms with Crippen LogP contribution in [0.25, 0.3) is 0 Å². The predicted molar refractivity (Wildman–Crippen MR) is 236 cm³/mol. The van der Waals surface area contributed by atoms with E-state index in [1.807, 2.05) is 6.07 Å². The fraction of sp³-hybridized carbons (Fsp3) is 0.231. The van der Waals surface area contributed by atoms with Crippen LogP contribution < -0.4 is 10.6 Å². The van der Waals surface area contributed by atoms with E-state index < -0.39 is 80.8 Å². The molecule has 0 radical (unpaired) electrons. The minimum Gasteiger partial charge on any atom is -0.362 e. The lowest BCUT2D eigenvalue weighted by molar-refractivity contribution is -0.366. The monoisotopic (exact) mass is 880 g/mol. The summed E-state index contributed by atoms with van der Waals surface area (Å²) in [6, 6.07) is 44.5. The van der Waals surface area contributed by atoms with Crippen molar-refractivity contribution in [2.24, 2.45) is 11.8 Å². The summed E-state index contributed by atoms with van der Waals surface area (Å²) < 4.78 is 45.3. The van der Waals surface area contributed by atoms with Gasteiger partial charge in [-0.25, -0.2) is 8.78 Å². The Hall–Kier alpha value is -6.74. The summed E-state index contributed by atoms with van der Waals surface area (Å²) in [7, 11) is 0. The summed E-state index contributed by atoms with van der Waals surface area (Å²) in [4.78, 5) is 54.6. The lowest BCUT2D eigenvalue weighted by Crippen LogP contribution is -2.56. The highest BCUT2D eigenvalue weighted by atomic mass is 19.1. The second-order valence-electron chi connectivity index (χ2n) is 16.8. The largest absolute Gasteiger partial charge is 0.362 e.